The molecule has 4 aromatic rings. The van der Waals surface area contributed by atoms with Crippen molar-refractivity contribution >= 4 is 69.9 Å². The van der Waals surface area contributed by atoms with Crippen LogP contribution in [0.25, 0.3) is 0 Å². The number of aryl methyl sites for hydroxylation is 2. The second-order valence-corrected chi connectivity index (χ2v) is 29.5. The lowest BCUT2D eigenvalue weighted by atomic mass is 9.49. The molecule has 2 saturated carbocycles. The standard InChI is InChI=1S/C80H103N5O14/c1-52(2)72(67(88)47-53(3)73(92)82-61-28-23-56-25-31-69-78(5,65(56)50-61)36-14-38-80(69,7)76(95)84-75(94)79(6)37-13-35-77(4)64-49-60(81)27-22-55(64)24-30-68(77)79)83-74(93)58(26-33-71(90)91)48-63(87)34-40-97-42-44-99-46-45-98-43-41-96-39-12-18-62(86)29-32-70(89)85-51-59-17-9-8-15-54(59)20-21-57-16-10-11-19-66(57)85/h8-11,15-17,19,22-23,27-28,49-50,52-53,58,68-69,72H,12-14,18,24-26,29-48,51,81H2,1-7H3,(H,82,92)(H,83,93)(H,90,91)(H,84,94,95)/t53-,58-,68-,69-,72+,77-,78-,79+,80+/m1/s1. The molecule has 5 aliphatic rings. The Morgan fingerprint density at radius 2 is 1.16 bits per heavy atom. The Kier molecular flexibility index (Phi) is 25.9. The van der Waals surface area contributed by atoms with Crippen LogP contribution in [0, 0.1) is 52.3 Å². The van der Waals surface area contributed by atoms with E-state index in [1.54, 1.807) is 25.7 Å². The number of benzene rings is 4. The van der Waals surface area contributed by atoms with Crippen LogP contribution >= 0.6 is 0 Å². The molecule has 9 atom stereocenters. The van der Waals surface area contributed by atoms with Crippen LogP contribution in [0.4, 0.5) is 17.1 Å². The van der Waals surface area contributed by atoms with Crippen LogP contribution in [0.2, 0.25) is 0 Å². The third kappa shape index (κ3) is 18.4. The summed E-state index contributed by atoms with van der Waals surface area (Å²) in [4.78, 5) is 124. The summed E-state index contributed by atoms with van der Waals surface area (Å²) in [5.41, 5.74) is 13.4. The number of nitrogens with two attached hydrogens (primary N) is 1. The molecule has 1 heterocycles. The zero-order valence-electron chi connectivity index (χ0n) is 59.1. The molecule has 0 unspecified atom stereocenters. The highest BCUT2D eigenvalue weighted by molar-refractivity contribution is 6.01. The number of aliphatic carboxylic acids is 1. The summed E-state index contributed by atoms with van der Waals surface area (Å²) in [5.74, 6) is 0.806. The summed E-state index contributed by atoms with van der Waals surface area (Å²) in [6.07, 6.45) is 8.13. The van der Waals surface area contributed by atoms with E-state index in [2.05, 4.69) is 60.7 Å². The molecule has 19 heteroatoms. The number of fused-ring (bicyclic) bond motifs is 8. The number of carboxylic acid groups (broad SMARTS) is 1. The molecule has 19 nitrogen and oxygen atoms in total. The van der Waals surface area contributed by atoms with Gasteiger partial charge in [-0.25, -0.2) is 0 Å². The van der Waals surface area contributed by atoms with Gasteiger partial charge >= 0.3 is 5.97 Å². The summed E-state index contributed by atoms with van der Waals surface area (Å²) >= 11 is 0. The number of carbonyl (C=O) groups excluding carboxylic acids is 8. The lowest BCUT2D eigenvalue weighted by molar-refractivity contribution is -0.150. The smallest absolute Gasteiger partial charge is 0.303 e. The Hall–Kier alpha value is -7.89. The van der Waals surface area contributed by atoms with Crippen molar-refractivity contribution in [2.75, 3.05) is 68.8 Å². The van der Waals surface area contributed by atoms with Crippen LogP contribution < -0.4 is 26.6 Å². The fraction of sp³-hybridized carbons (Fsp3) is 0.562. The normalized spacial score (nSPS) is 22.8. The molecular formula is C80H103N5O14. The second-order valence-electron chi connectivity index (χ2n) is 29.5. The Morgan fingerprint density at radius 3 is 1.79 bits per heavy atom. The molecule has 0 aromatic heterocycles. The third-order valence-corrected chi connectivity index (χ3v) is 22.3. The topological polar surface area (TPSA) is 276 Å². The van der Waals surface area contributed by atoms with Gasteiger partial charge in [-0.3, -0.25) is 48.5 Å². The third-order valence-electron chi connectivity index (χ3n) is 22.3. The van der Waals surface area contributed by atoms with E-state index < -0.39 is 51.9 Å². The van der Waals surface area contributed by atoms with Crippen LogP contribution in [0.1, 0.15) is 197 Å². The van der Waals surface area contributed by atoms with E-state index >= 15 is 0 Å². The molecule has 4 aromatic carbocycles. The number of carbonyl (C=O) groups is 9. The zero-order valence-corrected chi connectivity index (χ0v) is 59.1. The SMILES string of the molecule is CC(C)[C@H](NC(=O)[C@H](CCC(=O)O)CC(=O)CCOCCOCCOCCOCCCC(=O)CCC(=O)N1Cc2ccccc2C#Cc2ccccc21)C(=O)C[C@@H](C)C(=O)Nc1ccc2c(c1)[C@@]1(C)CCC[C@](C)(C(=O)NC(=O)[C@@]3(C)CCC[C@]4(C)c5cc(N)ccc5CC[C@@H]34)[C@@H]1CC2. The number of carboxylic acids is 1. The molecular weight excluding hydrogens is 1250 g/mol. The number of nitrogens with zero attached hydrogens (tertiary/aromatic N) is 1. The number of para-hydroxylation sites is 1. The highest BCUT2D eigenvalue weighted by Crippen LogP contribution is 2.60. The van der Waals surface area contributed by atoms with Gasteiger partial charge in [0, 0.05) is 85.9 Å². The Balaban J connectivity index is 0.653. The first-order chi connectivity index (χ1) is 47.3. The maximum absolute atomic E-state index is 14.8. The van der Waals surface area contributed by atoms with Gasteiger partial charge in [0.15, 0.2) is 5.78 Å². The predicted octanol–water partition coefficient (Wildman–Crippen LogP) is 11.3. The number of ether oxygens (including phenoxy) is 4. The molecule has 532 valence electrons. The van der Waals surface area contributed by atoms with E-state index in [9.17, 15) is 48.3 Å². The van der Waals surface area contributed by atoms with Crippen molar-refractivity contribution in [2.24, 2.45) is 40.4 Å². The number of hydrogen-bond acceptors (Lipinski definition) is 14. The summed E-state index contributed by atoms with van der Waals surface area (Å²) in [7, 11) is 0. The number of nitrogen functional groups attached to an aromatic ring is 1. The number of nitrogens with one attached hydrogen (secondary N) is 3. The number of rotatable bonds is 34. The fourth-order valence-electron chi connectivity index (χ4n) is 16.7. The number of hydrogen-bond donors (Lipinski definition) is 5. The minimum absolute atomic E-state index is 0.00394. The first kappa shape index (κ1) is 75.3. The average molecular weight is 1360 g/mol. The van der Waals surface area contributed by atoms with E-state index in [1.165, 1.54) is 11.1 Å². The molecule has 0 radical (unpaired) electrons. The first-order valence-electron chi connectivity index (χ1n) is 35.9. The Labute approximate surface area is 583 Å². The maximum atomic E-state index is 14.8. The Morgan fingerprint density at radius 1 is 0.596 bits per heavy atom. The quantitative estimate of drug-likeness (QED) is 0.0126. The molecule has 6 N–H and O–H groups in total. The number of anilines is 3. The maximum Gasteiger partial charge on any atom is 0.303 e. The van der Waals surface area contributed by atoms with Crippen molar-refractivity contribution < 1.29 is 67.2 Å². The second kappa shape index (κ2) is 34.0. The van der Waals surface area contributed by atoms with Gasteiger partial charge in [0.25, 0.3) is 0 Å². The monoisotopic (exact) mass is 1360 g/mol. The number of ketones is 3. The van der Waals surface area contributed by atoms with Gasteiger partial charge in [-0.2, -0.15) is 0 Å². The van der Waals surface area contributed by atoms with E-state index in [-0.39, 0.29) is 123 Å². The lowest BCUT2D eigenvalue weighted by Gasteiger charge is -2.56. The van der Waals surface area contributed by atoms with Crippen LogP contribution in [0.3, 0.4) is 0 Å². The Bertz CT molecular complexity index is 3690. The van der Waals surface area contributed by atoms with Crippen molar-refractivity contribution in [2.45, 2.75) is 194 Å². The predicted molar refractivity (Wildman–Crippen MR) is 378 cm³/mol. The summed E-state index contributed by atoms with van der Waals surface area (Å²) in [6.45, 7) is 16.3. The average Bonchev–Trinajstić information content (AvgIpc) is 0.725. The van der Waals surface area contributed by atoms with Crippen molar-refractivity contribution in [3.63, 3.8) is 0 Å². The molecule has 9 rings (SSSR count). The minimum atomic E-state index is -1.13. The molecule has 0 bridgehead atoms. The lowest BCUT2D eigenvalue weighted by Crippen LogP contribution is -2.60. The first-order valence-corrected chi connectivity index (χ1v) is 35.9. The van der Waals surface area contributed by atoms with Crippen LogP contribution in [0.5, 0.6) is 0 Å². The van der Waals surface area contributed by atoms with Crippen molar-refractivity contribution in [1.82, 2.24) is 10.6 Å². The van der Waals surface area contributed by atoms with E-state index in [1.807, 2.05) is 79.7 Å². The largest absolute Gasteiger partial charge is 0.481 e. The molecule has 1 aliphatic heterocycles. The van der Waals surface area contributed by atoms with Crippen molar-refractivity contribution in [3.05, 3.63) is 124 Å². The van der Waals surface area contributed by atoms with E-state index in [0.717, 1.165) is 90.6 Å². The van der Waals surface area contributed by atoms with Gasteiger partial charge in [-0.15, -0.1) is 0 Å². The molecule has 5 amide bonds. The molecule has 99 heavy (non-hydrogen) atoms. The van der Waals surface area contributed by atoms with Gasteiger partial charge in [-0.1, -0.05) is 116 Å². The number of amides is 5. The summed E-state index contributed by atoms with van der Waals surface area (Å²) in [5, 5.41) is 18.4. The molecule has 4 aliphatic carbocycles. The van der Waals surface area contributed by atoms with Crippen LogP contribution in [-0.4, -0.2) is 117 Å². The van der Waals surface area contributed by atoms with Gasteiger partial charge in [0.2, 0.25) is 29.5 Å². The number of imide groups is 1. The van der Waals surface area contributed by atoms with Gasteiger partial charge in [-0.05, 0) is 163 Å². The van der Waals surface area contributed by atoms with Gasteiger partial charge in [0.05, 0.1) is 75.4 Å². The molecule has 2 fully saturated rings. The van der Waals surface area contributed by atoms with Crippen molar-refractivity contribution in [1.29, 1.82) is 0 Å². The van der Waals surface area contributed by atoms with E-state index in [4.69, 9.17) is 24.7 Å². The van der Waals surface area contributed by atoms with Gasteiger partial charge in [0.1, 0.15) is 11.6 Å². The minimum Gasteiger partial charge on any atom is -0.481 e. The summed E-state index contributed by atoms with van der Waals surface area (Å²) in [6, 6.07) is 26.4. The highest BCUT2D eigenvalue weighted by atomic mass is 16.6. The fourth-order valence-corrected chi connectivity index (χ4v) is 16.7. The van der Waals surface area contributed by atoms with Crippen LogP contribution in [-0.2, 0) is 92.3 Å². The zero-order chi connectivity index (χ0) is 71.1. The molecule has 0 spiro atoms. The summed E-state index contributed by atoms with van der Waals surface area (Å²) < 4.78 is 22.4. The van der Waals surface area contributed by atoms with Gasteiger partial charge < -0.3 is 45.3 Å². The molecule has 0 saturated heterocycles. The van der Waals surface area contributed by atoms with Crippen molar-refractivity contribution in [3.8, 4) is 11.8 Å². The van der Waals surface area contributed by atoms with E-state index in [0.29, 0.717) is 70.9 Å². The number of Topliss-reactive ketones (excluding diaryl/α,β-unsaturated/α-hetero) is 3. The highest BCUT2D eigenvalue weighted by Gasteiger charge is 2.58. The van der Waals surface area contributed by atoms with Crippen LogP contribution in [0.15, 0.2) is 84.9 Å².